The molecule has 162 valence electrons. The molecule has 1 fully saturated rings. The smallest absolute Gasteiger partial charge is 0.276 e. The number of nitrogens with zero attached hydrogens (tertiary/aromatic N) is 3. The maximum atomic E-state index is 12.8. The van der Waals surface area contributed by atoms with E-state index in [-0.39, 0.29) is 11.9 Å². The number of benzene rings is 1. The summed E-state index contributed by atoms with van der Waals surface area (Å²) in [6.45, 7) is 3.32. The lowest BCUT2D eigenvalue weighted by Crippen LogP contribution is -2.26. The summed E-state index contributed by atoms with van der Waals surface area (Å²) in [5, 5.41) is 14.4. The first-order valence-electron chi connectivity index (χ1n) is 10.9. The van der Waals surface area contributed by atoms with Gasteiger partial charge < -0.3 is 15.4 Å². The molecule has 0 radical (unpaired) electrons. The summed E-state index contributed by atoms with van der Waals surface area (Å²) in [5.41, 5.74) is 5.30. The Morgan fingerprint density at radius 3 is 2.88 bits per heavy atom. The molecule has 2 aromatic heterocycles. The van der Waals surface area contributed by atoms with Crippen LogP contribution in [0, 0.1) is 6.92 Å². The van der Waals surface area contributed by atoms with Gasteiger partial charge in [-0.05, 0) is 78.3 Å². The Bertz CT molecular complexity index is 1170. The third-order valence-corrected chi connectivity index (χ3v) is 5.74. The molecule has 1 aromatic carbocycles. The number of pyridine rings is 1. The van der Waals surface area contributed by atoms with Crippen LogP contribution in [0.3, 0.4) is 0 Å². The summed E-state index contributed by atoms with van der Waals surface area (Å²) < 4.78 is 5.47. The number of aryl methyl sites for hydroxylation is 1. The molecule has 7 nitrogen and oxygen atoms in total. The fourth-order valence-electron chi connectivity index (χ4n) is 3.83. The number of ether oxygens (including phenoxy) is 1. The number of aromatic nitrogens is 3. The highest BCUT2D eigenvalue weighted by Crippen LogP contribution is 2.39. The number of carbonyl (C=O) groups excluding carboxylic acids is 1. The molecule has 1 unspecified atom stereocenters. The highest BCUT2D eigenvalue weighted by Gasteiger charge is 2.25. The fraction of sp³-hybridized carbons (Fsp3) is 0.280. The first kappa shape index (κ1) is 20.3. The first-order chi connectivity index (χ1) is 15.7. The number of hydrogen-bond acceptors (Lipinski definition) is 6. The largest absolute Gasteiger partial charge is 0.375 e. The van der Waals surface area contributed by atoms with Gasteiger partial charge in [0.2, 0.25) is 0 Å². The normalized spacial score (nSPS) is 17.7. The van der Waals surface area contributed by atoms with Crippen molar-refractivity contribution >= 4 is 17.4 Å². The van der Waals surface area contributed by atoms with Crippen LogP contribution < -0.4 is 10.6 Å². The van der Waals surface area contributed by atoms with Gasteiger partial charge >= 0.3 is 0 Å². The van der Waals surface area contributed by atoms with Crippen molar-refractivity contribution in [3.8, 4) is 11.1 Å². The zero-order valence-corrected chi connectivity index (χ0v) is 17.9. The monoisotopic (exact) mass is 427 g/mol. The van der Waals surface area contributed by atoms with Gasteiger partial charge in [-0.2, -0.15) is 5.10 Å². The molecule has 7 heteroatoms. The van der Waals surface area contributed by atoms with Gasteiger partial charge in [0.05, 0.1) is 25.5 Å². The standard InChI is InChI=1S/C25H25N5O2/c1-16-4-7-20(29-25(31)23-11-19(14-27-30-23)17-5-6-17)13-22(16)18-8-9-26-24(12-18)28-21-3-2-10-32-15-21/h2-4,7-9,11-14,17,21H,5-6,10,15H2,1H3,(H,26,28)(H,29,31). The van der Waals surface area contributed by atoms with Gasteiger partial charge in [-0.15, -0.1) is 5.10 Å². The predicted octanol–water partition coefficient (Wildman–Crippen LogP) is 4.34. The van der Waals surface area contributed by atoms with Crippen LogP contribution in [0.4, 0.5) is 11.5 Å². The average molecular weight is 428 g/mol. The van der Waals surface area contributed by atoms with E-state index in [1.165, 1.54) is 0 Å². The Morgan fingerprint density at radius 2 is 2.06 bits per heavy atom. The highest BCUT2D eigenvalue weighted by atomic mass is 16.5. The van der Waals surface area contributed by atoms with Crippen LogP contribution >= 0.6 is 0 Å². The van der Waals surface area contributed by atoms with Crippen molar-refractivity contribution in [2.75, 3.05) is 23.8 Å². The van der Waals surface area contributed by atoms with Crippen molar-refractivity contribution in [2.24, 2.45) is 0 Å². The van der Waals surface area contributed by atoms with Crippen molar-refractivity contribution in [3.05, 3.63) is 77.8 Å². The van der Waals surface area contributed by atoms with Crippen LogP contribution in [0.15, 0.2) is 60.9 Å². The number of amides is 1. The number of nitrogens with one attached hydrogen (secondary N) is 2. The topological polar surface area (TPSA) is 89.0 Å². The Morgan fingerprint density at radius 1 is 1.16 bits per heavy atom. The Labute approximate surface area is 186 Å². The summed E-state index contributed by atoms with van der Waals surface area (Å²) in [4.78, 5) is 17.2. The molecule has 3 heterocycles. The van der Waals surface area contributed by atoms with Crippen LogP contribution in [0.25, 0.3) is 11.1 Å². The summed E-state index contributed by atoms with van der Waals surface area (Å²) in [7, 11) is 0. The zero-order valence-electron chi connectivity index (χ0n) is 17.9. The van der Waals surface area contributed by atoms with Gasteiger partial charge in [-0.3, -0.25) is 4.79 Å². The molecule has 0 saturated heterocycles. The molecule has 1 aliphatic carbocycles. The molecule has 3 aromatic rings. The summed E-state index contributed by atoms with van der Waals surface area (Å²) in [6.07, 6.45) is 9.95. The van der Waals surface area contributed by atoms with Crippen LogP contribution in [0.5, 0.6) is 0 Å². The van der Waals surface area contributed by atoms with Crippen LogP contribution in [-0.2, 0) is 4.74 Å². The van der Waals surface area contributed by atoms with Gasteiger partial charge in [0.15, 0.2) is 5.69 Å². The molecular formula is C25H25N5O2. The molecule has 5 rings (SSSR count). The molecule has 0 spiro atoms. The maximum absolute atomic E-state index is 12.8. The Balaban J connectivity index is 1.35. The second-order valence-electron chi connectivity index (χ2n) is 8.28. The van der Waals surface area contributed by atoms with E-state index < -0.39 is 0 Å². The molecular weight excluding hydrogens is 402 g/mol. The number of hydrogen-bond donors (Lipinski definition) is 2. The van der Waals surface area contributed by atoms with Gasteiger partial charge in [0.25, 0.3) is 5.91 Å². The minimum Gasteiger partial charge on any atom is -0.375 e. The Kier molecular flexibility index (Phi) is 5.64. The number of carbonyl (C=O) groups is 1. The first-order valence-corrected chi connectivity index (χ1v) is 10.9. The quantitative estimate of drug-likeness (QED) is 0.569. The molecule has 1 amide bonds. The molecule has 2 aliphatic rings. The predicted molar refractivity (Wildman–Crippen MR) is 124 cm³/mol. The van der Waals surface area contributed by atoms with E-state index >= 15 is 0 Å². The average Bonchev–Trinajstić information content (AvgIpc) is 3.67. The van der Waals surface area contributed by atoms with Crippen LogP contribution in [0.2, 0.25) is 0 Å². The van der Waals surface area contributed by atoms with E-state index in [1.807, 2.05) is 42.5 Å². The minimum atomic E-state index is -0.254. The van der Waals surface area contributed by atoms with E-state index in [1.54, 1.807) is 12.4 Å². The molecule has 32 heavy (non-hydrogen) atoms. The second kappa shape index (κ2) is 8.88. The van der Waals surface area contributed by atoms with E-state index in [4.69, 9.17) is 4.74 Å². The van der Waals surface area contributed by atoms with E-state index in [9.17, 15) is 4.79 Å². The second-order valence-corrected chi connectivity index (χ2v) is 8.28. The van der Waals surface area contributed by atoms with Crippen molar-refractivity contribution < 1.29 is 9.53 Å². The molecule has 1 aliphatic heterocycles. The summed E-state index contributed by atoms with van der Waals surface area (Å²) in [6, 6.07) is 11.8. The lowest BCUT2D eigenvalue weighted by Gasteiger charge is -2.19. The molecule has 2 N–H and O–H groups in total. The third-order valence-electron chi connectivity index (χ3n) is 5.74. The number of anilines is 2. The zero-order chi connectivity index (χ0) is 21.9. The maximum Gasteiger partial charge on any atom is 0.276 e. The lowest BCUT2D eigenvalue weighted by atomic mass is 10.0. The molecule has 1 atom stereocenters. The van der Waals surface area contributed by atoms with Gasteiger partial charge in [-0.25, -0.2) is 4.98 Å². The summed E-state index contributed by atoms with van der Waals surface area (Å²) >= 11 is 0. The van der Waals surface area contributed by atoms with E-state index in [2.05, 4.69) is 38.8 Å². The van der Waals surface area contributed by atoms with Gasteiger partial charge in [0, 0.05) is 11.9 Å². The van der Waals surface area contributed by atoms with Crippen LogP contribution in [0.1, 0.15) is 40.4 Å². The van der Waals surface area contributed by atoms with E-state index in [0.29, 0.717) is 30.5 Å². The highest BCUT2D eigenvalue weighted by molar-refractivity contribution is 6.03. The molecule has 0 bridgehead atoms. The van der Waals surface area contributed by atoms with Crippen molar-refractivity contribution in [2.45, 2.75) is 31.7 Å². The van der Waals surface area contributed by atoms with Crippen molar-refractivity contribution in [1.29, 1.82) is 0 Å². The summed E-state index contributed by atoms with van der Waals surface area (Å²) in [5.74, 6) is 1.05. The van der Waals surface area contributed by atoms with Crippen molar-refractivity contribution in [1.82, 2.24) is 15.2 Å². The lowest BCUT2D eigenvalue weighted by molar-refractivity contribution is 0.102. The van der Waals surface area contributed by atoms with Gasteiger partial charge in [0.1, 0.15) is 5.82 Å². The minimum absolute atomic E-state index is 0.103. The SMILES string of the molecule is Cc1ccc(NC(=O)c2cc(C3CC3)cnn2)cc1-c1ccnc(NC2C=CCOC2)c1. The van der Waals surface area contributed by atoms with Crippen LogP contribution in [-0.4, -0.2) is 40.3 Å². The Hall–Kier alpha value is -3.58. The number of rotatable bonds is 6. The third kappa shape index (κ3) is 4.68. The van der Waals surface area contributed by atoms with E-state index in [0.717, 1.165) is 40.9 Å². The van der Waals surface area contributed by atoms with Gasteiger partial charge in [-0.1, -0.05) is 18.2 Å². The fourth-order valence-corrected chi connectivity index (χ4v) is 3.83. The molecule has 1 saturated carbocycles. The van der Waals surface area contributed by atoms with Crippen molar-refractivity contribution in [3.63, 3.8) is 0 Å².